The van der Waals surface area contributed by atoms with Crippen LogP contribution in [0.3, 0.4) is 0 Å². The quantitative estimate of drug-likeness (QED) is 0.807. The zero-order valence-corrected chi connectivity index (χ0v) is 9.88. The van der Waals surface area contributed by atoms with Crippen molar-refractivity contribution in [3.05, 3.63) is 35.4 Å². The molecular formula is C14H20FN. The minimum atomic E-state index is -0.791. The second-order valence-corrected chi connectivity index (χ2v) is 4.70. The maximum atomic E-state index is 14.4. The Morgan fingerprint density at radius 1 is 1.25 bits per heavy atom. The summed E-state index contributed by atoms with van der Waals surface area (Å²) in [5.74, 6) is 0.191. The zero-order valence-electron chi connectivity index (χ0n) is 9.88. The van der Waals surface area contributed by atoms with Crippen molar-refractivity contribution in [2.75, 3.05) is 13.1 Å². The van der Waals surface area contributed by atoms with Crippen molar-refractivity contribution in [1.82, 2.24) is 5.32 Å². The smallest absolute Gasteiger partial charge is 0.128 e. The molecule has 16 heavy (non-hydrogen) atoms. The molecule has 0 amide bonds. The summed E-state index contributed by atoms with van der Waals surface area (Å²) in [5, 5.41) is 3.33. The molecular weight excluding hydrogens is 201 g/mol. The van der Waals surface area contributed by atoms with Gasteiger partial charge < -0.3 is 5.32 Å². The van der Waals surface area contributed by atoms with Crippen LogP contribution in [0.5, 0.6) is 0 Å². The lowest BCUT2D eigenvalue weighted by Gasteiger charge is -2.20. The van der Waals surface area contributed by atoms with Gasteiger partial charge in [-0.2, -0.15) is 0 Å². The van der Waals surface area contributed by atoms with Crippen LogP contribution in [0.15, 0.2) is 24.3 Å². The number of hydrogen-bond donors (Lipinski definition) is 1. The molecule has 0 spiro atoms. The lowest BCUT2D eigenvalue weighted by Crippen LogP contribution is -2.15. The molecule has 0 aliphatic carbocycles. The predicted molar refractivity (Wildman–Crippen MR) is 65.2 cm³/mol. The molecule has 1 heterocycles. The summed E-state index contributed by atoms with van der Waals surface area (Å²) in [6.07, 6.45) is 2.26. The lowest BCUT2D eigenvalue weighted by molar-refractivity contribution is 0.214. The second-order valence-electron chi connectivity index (χ2n) is 4.70. The minimum absolute atomic E-state index is 0.191. The van der Waals surface area contributed by atoms with Crippen LogP contribution in [-0.4, -0.2) is 13.1 Å². The highest BCUT2D eigenvalue weighted by Crippen LogP contribution is 2.34. The number of rotatable bonds is 2. The van der Waals surface area contributed by atoms with Crippen molar-refractivity contribution < 1.29 is 4.39 Å². The molecule has 88 valence electrons. The molecule has 2 unspecified atom stereocenters. The topological polar surface area (TPSA) is 12.0 Å². The van der Waals surface area contributed by atoms with E-state index in [4.69, 9.17) is 0 Å². The largest absolute Gasteiger partial charge is 0.317 e. The van der Waals surface area contributed by atoms with Gasteiger partial charge in [0, 0.05) is 0 Å². The summed E-state index contributed by atoms with van der Waals surface area (Å²) in [6, 6.07) is 7.83. The summed E-state index contributed by atoms with van der Waals surface area (Å²) in [7, 11) is 0. The van der Waals surface area contributed by atoms with Gasteiger partial charge in [0.25, 0.3) is 0 Å². The normalized spacial score (nSPS) is 23.8. The van der Waals surface area contributed by atoms with Crippen molar-refractivity contribution in [3.8, 4) is 0 Å². The lowest BCUT2D eigenvalue weighted by atomic mass is 9.89. The van der Waals surface area contributed by atoms with Crippen molar-refractivity contribution in [2.24, 2.45) is 5.92 Å². The molecule has 1 saturated heterocycles. The summed E-state index contributed by atoms with van der Waals surface area (Å²) in [6.45, 7) is 3.99. The number of nitrogens with one attached hydrogen (secondary N) is 1. The standard InChI is InChI=1S/C14H20FN/c1-11-5-2-3-7-13(11)14(15)12-6-4-9-16-10-8-12/h2-3,5,7,12,14,16H,4,6,8-10H2,1H3. The molecule has 1 aliphatic rings. The van der Waals surface area contributed by atoms with Crippen molar-refractivity contribution >= 4 is 0 Å². The van der Waals surface area contributed by atoms with E-state index in [1.54, 1.807) is 0 Å². The third kappa shape index (κ3) is 2.62. The summed E-state index contributed by atoms with van der Waals surface area (Å²) >= 11 is 0. The van der Waals surface area contributed by atoms with Crippen LogP contribution in [0, 0.1) is 12.8 Å². The fourth-order valence-electron chi connectivity index (χ4n) is 2.49. The molecule has 1 N–H and O–H groups in total. The van der Waals surface area contributed by atoms with E-state index >= 15 is 0 Å². The Morgan fingerprint density at radius 2 is 2.06 bits per heavy atom. The average molecular weight is 221 g/mol. The number of alkyl halides is 1. The molecule has 1 aromatic carbocycles. The Bertz CT molecular complexity index is 329. The van der Waals surface area contributed by atoms with E-state index in [0.717, 1.165) is 43.5 Å². The molecule has 1 aromatic rings. The number of hydrogen-bond acceptors (Lipinski definition) is 1. The summed E-state index contributed by atoms with van der Waals surface area (Å²) in [4.78, 5) is 0. The third-order valence-electron chi connectivity index (χ3n) is 3.52. The van der Waals surface area contributed by atoms with Gasteiger partial charge in [-0.05, 0) is 56.3 Å². The Hall–Kier alpha value is -0.890. The van der Waals surface area contributed by atoms with Gasteiger partial charge in [0.2, 0.25) is 0 Å². The maximum absolute atomic E-state index is 14.4. The van der Waals surface area contributed by atoms with Gasteiger partial charge in [0.05, 0.1) is 0 Å². The molecule has 0 aromatic heterocycles. The predicted octanol–water partition coefficient (Wildman–Crippen LogP) is 3.40. The first-order valence-electron chi connectivity index (χ1n) is 6.19. The third-order valence-corrected chi connectivity index (χ3v) is 3.52. The molecule has 0 saturated carbocycles. The van der Waals surface area contributed by atoms with Gasteiger partial charge in [-0.1, -0.05) is 24.3 Å². The van der Waals surface area contributed by atoms with Crippen LogP contribution in [0.1, 0.15) is 36.6 Å². The van der Waals surface area contributed by atoms with Crippen molar-refractivity contribution in [2.45, 2.75) is 32.4 Å². The van der Waals surface area contributed by atoms with Gasteiger partial charge in [-0.15, -0.1) is 0 Å². The molecule has 1 fully saturated rings. The van der Waals surface area contributed by atoms with Gasteiger partial charge in [0.1, 0.15) is 6.17 Å². The van der Waals surface area contributed by atoms with E-state index in [1.807, 2.05) is 31.2 Å². The highest BCUT2D eigenvalue weighted by Gasteiger charge is 2.24. The Balaban J connectivity index is 2.11. The van der Waals surface area contributed by atoms with E-state index < -0.39 is 6.17 Å². The van der Waals surface area contributed by atoms with Crippen LogP contribution >= 0.6 is 0 Å². The van der Waals surface area contributed by atoms with Crippen LogP contribution in [0.4, 0.5) is 4.39 Å². The molecule has 1 nitrogen and oxygen atoms in total. The van der Waals surface area contributed by atoms with Crippen LogP contribution < -0.4 is 5.32 Å². The fraction of sp³-hybridized carbons (Fsp3) is 0.571. The molecule has 0 bridgehead atoms. The first-order valence-corrected chi connectivity index (χ1v) is 6.19. The minimum Gasteiger partial charge on any atom is -0.317 e. The number of aryl methyl sites for hydroxylation is 1. The van der Waals surface area contributed by atoms with E-state index in [1.165, 1.54) is 0 Å². The van der Waals surface area contributed by atoms with Crippen molar-refractivity contribution in [3.63, 3.8) is 0 Å². The number of benzene rings is 1. The van der Waals surface area contributed by atoms with Gasteiger partial charge >= 0.3 is 0 Å². The summed E-state index contributed by atoms with van der Waals surface area (Å²) < 4.78 is 14.4. The van der Waals surface area contributed by atoms with Gasteiger partial charge in [-0.3, -0.25) is 0 Å². The number of halogens is 1. The molecule has 2 heteroatoms. The molecule has 2 atom stereocenters. The molecule has 2 rings (SSSR count). The Morgan fingerprint density at radius 3 is 2.88 bits per heavy atom. The highest BCUT2D eigenvalue weighted by molar-refractivity contribution is 5.28. The SMILES string of the molecule is Cc1ccccc1C(F)C1CCCNCC1. The second kappa shape index (κ2) is 5.44. The van der Waals surface area contributed by atoms with E-state index in [0.29, 0.717) is 0 Å². The average Bonchev–Trinajstić information content (AvgIpc) is 2.57. The first-order chi connectivity index (χ1) is 7.79. The van der Waals surface area contributed by atoms with E-state index in [2.05, 4.69) is 5.32 Å². The van der Waals surface area contributed by atoms with Gasteiger partial charge in [0.15, 0.2) is 0 Å². The first kappa shape index (κ1) is 11.6. The van der Waals surface area contributed by atoms with Crippen LogP contribution in [0.2, 0.25) is 0 Å². The highest BCUT2D eigenvalue weighted by atomic mass is 19.1. The van der Waals surface area contributed by atoms with E-state index in [9.17, 15) is 4.39 Å². The van der Waals surface area contributed by atoms with E-state index in [-0.39, 0.29) is 5.92 Å². The summed E-state index contributed by atoms with van der Waals surface area (Å²) in [5.41, 5.74) is 1.96. The van der Waals surface area contributed by atoms with Gasteiger partial charge in [-0.25, -0.2) is 4.39 Å². The Labute approximate surface area is 97.1 Å². The molecule has 1 aliphatic heterocycles. The Kier molecular flexibility index (Phi) is 3.94. The monoisotopic (exact) mass is 221 g/mol. The maximum Gasteiger partial charge on any atom is 0.128 e. The van der Waals surface area contributed by atoms with Crippen LogP contribution in [-0.2, 0) is 0 Å². The zero-order chi connectivity index (χ0) is 11.4. The van der Waals surface area contributed by atoms with Crippen LogP contribution in [0.25, 0.3) is 0 Å². The fourth-order valence-corrected chi connectivity index (χ4v) is 2.49. The molecule has 0 radical (unpaired) electrons. The van der Waals surface area contributed by atoms with Crippen molar-refractivity contribution in [1.29, 1.82) is 0 Å².